The maximum atomic E-state index is 13.9. The van der Waals surface area contributed by atoms with Crippen LogP contribution in [-0.4, -0.2) is 37.9 Å². The van der Waals surface area contributed by atoms with Gasteiger partial charge in [0.25, 0.3) is 20.9 Å². The van der Waals surface area contributed by atoms with Crippen LogP contribution in [0.2, 0.25) is 5.02 Å². The SMILES string of the molecule is CON(C)S(=O)(=O)c1c(Cl)ccc(Nc2c(N[C@H](P)Cc3ccccc3F)c(=O)c2=O)c1O. The number of phenols is 1. The Hall–Kier alpha value is -2.56. The summed E-state index contributed by atoms with van der Waals surface area (Å²) in [7, 11) is 0.316. The number of sulfonamides is 1. The second-order valence-electron chi connectivity index (χ2n) is 6.95. The second kappa shape index (κ2) is 9.74. The van der Waals surface area contributed by atoms with Gasteiger partial charge in [-0.25, -0.2) is 12.8 Å². The van der Waals surface area contributed by atoms with Gasteiger partial charge in [-0.05, 0) is 30.2 Å². The molecular weight excluding hydrogens is 496 g/mol. The lowest BCUT2D eigenvalue weighted by atomic mass is 10.1. The van der Waals surface area contributed by atoms with Crippen LogP contribution in [0, 0.1) is 5.82 Å². The molecule has 0 aliphatic rings. The van der Waals surface area contributed by atoms with Crippen molar-refractivity contribution in [2.24, 2.45) is 0 Å². The number of rotatable bonds is 9. The first kappa shape index (κ1) is 25.1. The Morgan fingerprint density at radius 2 is 1.82 bits per heavy atom. The number of benzene rings is 2. The van der Waals surface area contributed by atoms with Crippen molar-refractivity contribution >= 4 is 47.9 Å². The fourth-order valence-electron chi connectivity index (χ4n) is 3.04. The van der Waals surface area contributed by atoms with Crippen LogP contribution in [0.25, 0.3) is 0 Å². The summed E-state index contributed by atoms with van der Waals surface area (Å²) in [6.07, 6.45) is 0.202. The van der Waals surface area contributed by atoms with E-state index in [0.717, 1.165) is 14.2 Å². The minimum atomic E-state index is -4.33. The highest BCUT2D eigenvalue weighted by molar-refractivity contribution is 7.89. The number of halogens is 2. The van der Waals surface area contributed by atoms with Crippen molar-refractivity contribution in [3.05, 3.63) is 73.2 Å². The van der Waals surface area contributed by atoms with Gasteiger partial charge in [0.05, 0.1) is 17.8 Å². The topological polar surface area (TPSA) is 125 Å². The molecule has 0 fully saturated rings. The summed E-state index contributed by atoms with van der Waals surface area (Å²) in [6.45, 7) is 0. The number of phenolic OH excluding ortho intramolecular Hbond substituents is 1. The molecule has 13 heteroatoms. The van der Waals surface area contributed by atoms with E-state index in [1.807, 2.05) is 0 Å². The molecule has 3 rings (SSSR count). The third kappa shape index (κ3) is 4.87. The number of hydrogen-bond donors (Lipinski definition) is 3. The molecule has 3 aromatic rings. The Kier molecular flexibility index (Phi) is 7.40. The Morgan fingerprint density at radius 3 is 2.45 bits per heavy atom. The molecule has 0 spiro atoms. The average molecular weight is 516 g/mol. The van der Waals surface area contributed by atoms with Crippen LogP contribution < -0.4 is 21.5 Å². The molecule has 3 N–H and O–H groups in total. The molecule has 9 nitrogen and oxygen atoms in total. The molecule has 0 aromatic heterocycles. The highest BCUT2D eigenvalue weighted by atomic mass is 35.5. The van der Waals surface area contributed by atoms with E-state index in [1.165, 1.54) is 18.2 Å². The van der Waals surface area contributed by atoms with Gasteiger partial charge < -0.3 is 15.7 Å². The average Bonchev–Trinajstić information content (AvgIpc) is 2.77. The third-order valence-electron chi connectivity index (χ3n) is 4.83. The molecule has 2 atom stereocenters. The van der Waals surface area contributed by atoms with Gasteiger partial charge in [0.1, 0.15) is 22.1 Å². The van der Waals surface area contributed by atoms with Crippen LogP contribution in [-0.2, 0) is 21.3 Å². The first-order valence-corrected chi connectivity index (χ1v) is 11.9. The molecule has 0 heterocycles. The predicted octanol–water partition coefficient (Wildman–Crippen LogP) is 2.56. The zero-order valence-corrected chi connectivity index (χ0v) is 20.2. The Bertz CT molecular complexity index is 1380. The van der Waals surface area contributed by atoms with Gasteiger partial charge in [0.15, 0.2) is 5.75 Å². The molecule has 0 saturated carbocycles. The van der Waals surface area contributed by atoms with E-state index in [9.17, 15) is 27.5 Å². The van der Waals surface area contributed by atoms with Crippen molar-refractivity contribution < 1.29 is 22.8 Å². The van der Waals surface area contributed by atoms with Crippen molar-refractivity contribution in [3.8, 4) is 5.75 Å². The van der Waals surface area contributed by atoms with Crippen LogP contribution in [0.5, 0.6) is 5.75 Å². The maximum absolute atomic E-state index is 13.9. The summed E-state index contributed by atoms with van der Waals surface area (Å²) >= 11 is 5.98. The van der Waals surface area contributed by atoms with E-state index < -0.39 is 43.1 Å². The highest BCUT2D eigenvalue weighted by Crippen LogP contribution is 2.39. The van der Waals surface area contributed by atoms with Crippen LogP contribution >= 0.6 is 20.8 Å². The highest BCUT2D eigenvalue weighted by Gasteiger charge is 2.30. The summed E-state index contributed by atoms with van der Waals surface area (Å²) < 4.78 is 39.6. The molecular formula is C20H20ClFN3O6PS. The fraction of sp³-hybridized carbons (Fsp3) is 0.200. The zero-order chi connectivity index (χ0) is 24.5. The van der Waals surface area contributed by atoms with Gasteiger partial charge in [0, 0.05) is 12.8 Å². The maximum Gasteiger partial charge on any atom is 0.269 e. The molecule has 0 radical (unpaired) electrons. The van der Waals surface area contributed by atoms with Gasteiger partial charge in [-0.2, -0.15) is 0 Å². The lowest BCUT2D eigenvalue weighted by molar-refractivity contribution is -0.0259. The van der Waals surface area contributed by atoms with Crippen molar-refractivity contribution in [1.82, 2.24) is 4.47 Å². The molecule has 176 valence electrons. The van der Waals surface area contributed by atoms with Crippen LogP contribution in [0.4, 0.5) is 21.5 Å². The van der Waals surface area contributed by atoms with E-state index in [2.05, 4.69) is 24.7 Å². The molecule has 0 aliphatic carbocycles. The van der Waals surface area contributed by atoms with Gasteiger partial charge >= 0.3 is 0 Å². The summed E-state index contributed by atoms with van der Waals surface area (Å²) in [5.41, 5.74) is -1.70. The number of nitrogens with one attached hydrogen (secondary N) is 2. The molecule has 0 amide bonds. The van der Waals surface area contributed by atoms with Crippen molar-refractivity contribution in [2.45, 2.75) is 17.1 Å². The van der Waals surface area contributed by atoms with Gasteiger partial charge in [0.2, 0.25) is 0 Å². The Labute approximate surface area is 196 Å². The predicted molar refractivity (Wildman–Crippen MR) is 127 cm³/mol. The number of hydroxylamine groups is 1. The van der Waals surface area contributed by atoms with Gasteiger partial charge in [-0.1, -0.05) is 34.3 Å². The molecule has 3 aromatic carbocycles. The Balaban J connectivity index is 1.90. The number of aromatic hydroxyl groups is 1. The lowest BCUT2D eigenvalue weighted by Crippen LogP contribution is -2.38. The molecule has 33 heavy (non-hydrogen) atoms. The van der Waals surface area contributed by atoms with E-state index in [0.29, 0.717) is 10.0 Å². The molecule has 0 aliphatic heterocycles. The largest absolute Gasteiger partial charge is 0.504 e. The minimum Gasteiger partial charge on any atom is -0.504 e. The standard InChI is InChI=1S/C20H20ClFN3O6PS/c1-25(31-2)33(29,30)20-11(21)7-8-13(17(20)26)23-15-16(19(28)18(15)27)24-14(32)9-10-5-3-4-6-12(10)22/h3-8,14,23-24,26H,9,32H2,1-2H3/t14-/m1/s1. The summed E-state index contributed by atoms with van der Waals surface area (Å²) in [6, 6.07) is 8.60. The molecule has 0 saturated heterocycles. The van der Waals surface area contributed by atoms with Crippen molar-refractivity contribution in [2.75, 3.05) is 24.8 Å². The number of nitrogens with zero attached hydrogens (tertiary/aromatic N) is 1. The minimum absolute atomic E-state index is 0.0795. The van der Waals surface area contributed by atoms with Crippen LogP contribution in [0.3, 0.4) is 0 Å². The third-order valence-corrected chi connectivity index (χ3v) is 7.42. The first-order valence-electron chi connectivity index (χ1n) is 9.39. The van der Waals surface area contributed by atoms with Gasteiger partial charge in [-0.15, -0.1) is 9.24 Å². The smallest absolute Gasteiger partial charge is 0.269 e. The second-order valence-corrected chi connectivity index (χ2v) is 10.0. The van der Waals surface area contributed by atoms with E-state index in [4.69, 9.17) is 11.6 Å². The monoisotopic (exact) mass is 515 g/mol. The quantitative estimate of drug-likeness (QED) is 0.172. The normalized spacial score (nSPS) is 12.8. The van der Waals surface area contributed by atoms with E-state index >= 15 is 0 Å². The van der Waals surface area contributed by atoms with Crippen molar-refractivity contribution in [3.63, 3.8) is 0 Å². The molecule has 0 bridgehead atoms. The fourth-order valence-corrected chi connectivity index (χ4v) is 5.03. The molecule has 1 unspecified atom stereocenters. The lowest BCUT2D eigenvalue weighted by Gasteiger charge is -2.21. The number of anilines is 3. The summed E-state index contributed by atoms with van der Waals surface area (Å²) in [5.74, 6) is -1.68. The summed E-state index contributed by atoms with van der Waals surface area (Å²) in [4.78, 5) is 28.3. The zero-order valence-electron chi connectivity index (χ0n) is 17.4. The van der Waals surface area contributed by atoms with Crippen LogP contribution in [0.15, 0.2) is 50.9 Å². The van der Waals surface area contributed by atoms with Crippen molar-refractivity contribution in [1.29, 1.82) is 0 Å². The summed E-state index contributed by atoms with van der Waals surface area (Å²) in [5, 5.41) is 15.7. The number of hydrogen-bond acceptors (Lipinski definition) is 8. The van der Waals surface area contributed by atoms with Gasteiger partial charge in [-0.3, -0.25) is 14.4 Å². The van der Waals surface area contributed by atoms with E-state index in [1.54, 1.807) is 18.2 Å². The van der Waals surface area contributed by atoms with E-state index in [-0.39, 0.29) is 28.5 Å². The Morgan fingerprint density at radius 1 is 1.18 bits per heavy atom. The van der Waals surface area contributed by atoms with Crippen LogP contribution in [0.1, 0.15) is 5.56 Å². The first-order chi connectivity index (χ1) is 15.5.